The van der Waals surface area contributed by atoms with Crippen LogP contribution in [0.2, 0.25) is 0 Å². The normalized spacial score (nSPS) is 16.1. The Labute approximate surface area is 164 Å². The monoisotopic (exact) mass is 384 g/mol. The number of Topliss-reactive ketones (excluding diaryl/α,β-unsaturated/α-hetero) is 1. The number of rotatable bonds is 5. The molecule has 0 saturated heterocycles. The van der Waals surface area contributed by atoms with Gasteiger partial charge >= 0.3 is 0 Å². The van der Waals surface area contributed by atoms with E-state index in [-0.39, 0.29) is 35.2 Å². The molecule has 0 aliphatic carbocycles. The summed E-state index contributed by atoms with van der Waals surface area (Å²) in [6, 6.07) is 6.19. The largest absolute Gasteiger partial charge is 0.507 e. The van der Waals surface area contributed by atoms with Crippen molar-refractivity contribution < 1.29 is 29.2 Å². The molecule has 28 heavy (non-hydrogen) atoms. The van der Waals surface area contributed by atoms with E-state index >= 15 is 0 Å². The van der Waals surface area contributed by atoms with Gasteiger partial charge in [-0.25, -0.2) is 0 Å². The number of benzene rings is 2. The molecule has 148 valence electrons. The lowest BCUT2D eigenvalue weighted by Crippen LogP contribution is -2.27. The zero-order chi connectivity index (χ0) is 20.6. The van der Waals surface area contributed by atoms with Crippen LogP contribution in [-0.2, 0) is 5.41 Å². The quantitative estimate of drug-likeness (QED) is 0.760. The average Bonchev–Trinajstić information content (AvgIpc) is 2.67. The van der Waals surface area contributed by atoms with Gasteiger partial charge in [0.15, 0.2) is 5.78 Å². The van der Waals surface area contributed by atoms with Crippen molar-refractivity contribution in [2.75, 3.05) is 20.8 Å². The van der Waals surface area contributed by atoms with Crippen LogP contribution < -0.4 is 14.2 Å². The van der Waals surface area contributed by atoms with Crippen LogP contribution in [0.4, 0.5) is 0 Å². The molecule has 0 radical (unpaired) electrons. The smallest absolute Gasteiger partial charge is 0.181 e. The highest BCUT2D eigenvalue weighted by molar-refractivity contribution is 6.07. The SMILES string of the molecule is C=CC(C)(C)c1cc([C@H]2COc3cc(OC)cc(O)c3C2=O)c(OC)cc1O. The number of ether oxygens (including phenoxy) is 3. The van der Waals surface area contributed by atoms with Gasteiger partial charge in [-0.2, -0.15) is 0 Å². The summed E-state index contributed by atoms with van der Waals surface area (Å²) in [5, 5.41) is 20.8. The molecule has 3 rings (SSSR count). The van der Waals surface area contributed by atoms with Crippen LogP contribution in [0.1, 0.15) is 41.3 Å². The molecule has 0 unspecified atom stereocenters. The van der Waals surface area contributed by atoms with E-state index in [4.69, 9.17) is 14.2 Å². The summed E-state index contributed by atoms with van der Waals surface area (Å²) in [6.07, 6.45) is 1.73. The lowest BCUT2D eigenvalue weighted by molar-refractivity contribution is 0.0889. The van der Waals surface area contributed by atoms with E-state index in [1.165, 1.54) is 26.4 Å². The molecule has 1 aliphatic rings. The lowest BCUT2D eigenvalue weighted by Gasteiger charge is -2.29. The van der Waals surface area contributed by atoms with Crippen LogP contribution >= 0.6 is 0 Å². The first-order valence-electron chi connectivity index (χ1n) is 8.86. The molecule has 0 saturated carbocycles. The summed E-state index contributed by atoms with van der Waals surface area (Å²) < 4.78 is 16.3. The van der Waals surface area contributed by atoms with Crippen molar-refractivity contribution >= 4 is 5.78 Å². The van der Waals surface area contributed by atoms with Crippen molar-refractivity contribution in [1.29, 1.82) is 0 Å². The number of fused-ring (bicyclic) bond motifs is 1. The van der Waals surface area contributed by atoms with E-state index < -0.39 is 11.3 Å². The van der Waals surface area contributed by atoms with E-state index in [2.05, 4.69) is 6.58 Å². The molecule has 2 aromatic carbocycles. The van der Waals surface area contributed by atoms with Crippen LogP contribution in [-0.4, -0.2) is 36.8 Å². The summed E-state index contributed by atoms with van der Waals surface area (Å²) in [7, 11) is 2.94. The second kappa shape index (κ2) is 7.11. The van der Waals surface area contributed by atoms with E-state index in [9.17, 15) is 15.0 Å². The van der Waals surface area contributed by atoms with Crippen molar-refractivity contribution in [3.05, 3.63) is 53.6 Å². The topological polar surface area (TPSA) is 85.2 Å². The Kier molecular flexibility index (Phi) is 4.98. The summed E-state index contributed by atoms with van der Waals surface area (Å²) in [4.78, 5) is 13.2. The summed E-state index contributed by atoms with van der Waals surface area (Å²) in [5.41, 5.74) is 0.792. The van der Waals surface area contributed by atoms with E-state index in [0.717, 1.165) is 0 Å². The van der Waals surface area contributed by atoms with Crippen LogP contribution in [0.15, 0.2) is 36.9 Å². The Morgan fingerprint density at radius 2 is 1.86 bits per heavy atom. The highest BCUT2D eigenvalue weighted by Gasteiger charge is 2.36. The minimum Gasteiger partial charge on any atom is -0.507 e. The number of hydrogen-bond acceptors (Lipinski definition) is 6. The van der Waals surface area contributed by atoms with Gasteiger partial charge in [-0.05, 0) is 6.07 Å². The molecule has 2 aromatic rings. The van der Waals surface area contributed by atoms with Gasteiger partial charge in [0, 0.05) is 34.7 Å². The molecule has 6 nitrogen and oxygen atoms in total. The Balaban J connectivity index is 2.13. The van der Waals surface area contributed by atoms with Gasteiger partial charge in [0.25, 0.3) is 0 Å². The van der Waals surface area contributed by atoms with Crippen LogP contribution in [0.5, 0.6) is 28.7 Å². The van der Waals surface area contributed by atoms with Crippen LogP contribution in [0, 0.1) is 0 Å². The third-order valence-corrected chi connectivity index (χ3v) is 5.19. The molecular formula is C22H24O6. The summed E-state index contributed by atoms with van der Waals surface area (Å²) in [5.74, 6) is -0.0627. The number of methoxy groups -OCH3 is 2. The first-order valence-corrected chi connectivity index (χ1v) is 8.86. The zero-order valence-electron chi connectivity index (χ0n) is 16.4. The maximum atomic E-state index is 13.2. The van der Waals surface area contributed by atoms with Crippen molar-refractivity contribution in [3.8, 4) is 28.7 Å². The second-order valence-corrected chi connectivity index (χ2v) is 7.28. The predicted octanol–water partition coefficient (Wildman–Crippen LogP) is 3.94. The Hall–Kier alpha value is -3.15. The number of carbonyl (C=O) groups excluding carboxylic acids is 1. The maximum Gasteiger partial charge on any atom is 0.181 e. The molecule has 0 aromatic heterocycles. The number of ketones is 1. The molecule has 1 heterocycles. The minimum atomic E-state index is -0.693. The molecule has 2 N–H and O–H groups in total. The summed E-state index contributed by atoms with van der Waals surface area (Å²) >= 11 is 0. The third kappa shape index (κ3) is 3.15. The van der Waals surface area contributed by atoms with Crippen LogP contribution in [0.25, 0.3) is 0 Å². The summed E-state index contributed by atoms with van der Waals surface area (Å²) in [6.45, 7) is 7.73. The van der Waals surface area contributed by atoms with Gasteiger partial charge < -0.3 is 24.4 Å². The average molecular weight is 384 g/mol. The standard InChI is InChI=1S/C22H24O6/c1-6-22(2,3)15-9-13(18(27-5)10-16(15)23)14-11-28-19-8-12(26-4)7-17(24)20(19)21(14)25/h6-10,14,23-24H,1,11H2,2-5H3/t14-/m1/s1. The Morgan fingerprint density at radius 1 is 1.14 bits per heavy atom. The fourth-order valence-electron chi connectivity index (χ4n) is 3.37. The van der Waals surface area contributed by atoms with Gasteiger partial charge in [-0.1, -0.05) is 19.9 Å². The number of phenols is 2. The lowest BCUT2D eigenvalue weighted by atomic mass is 9.80. The highest BCUT2D eigenvalue weighted by atomic mass is 16.5. The van der Waals surface area contributed by atoms with Crippen LogP contribution in [0.3, 0.4) is 0 Å². The second-order valence-electron chi connectivity index (χ2n) is 7.28. The Bertz CT molecular complexity index is 945. The zero-order valence-corrected chi connectivity index (χ0v) is 16.4. The molecule has 0 bridgehead atoms. The van der Waals surface area contributed by atoms with E-state index in [1.807, 2.05) is 13.8 Å². The maximum absolute atomic E-state index is 13.2. The molecular weight excluding hydrogens is 360 g/mol. The molecule has 6 heteroatoms. The predicted molar refractivity (Wildman–Crippen MR) is 105 cm³/mol. The first kappa shape index (κ1) is 19.6. The Morgan fingerprint density at radius 3 is 2.46 bits per heavy atom. The van der Waals surface area contributed by atoms with Gasteiger partial charge in [0.2, 0.25) is 0 Å². The number of allylic oxidation sites excluding steroid dienone is 1. The van der Waals surface area contributed by atoms with E-state index in [0.29, 0.717) is 22.6 Å². The fourth-order valence-corrected chi connectivity index (χ4v) is 3.37. The number of carbonyl (C=O) groups is 1. The molecule has 1 aliphatic heterocycles. The number of hydrogen-bond donors (Lipinski definition) is 2. The molecule has 0 fully saturated rings. The van der Waals surface area contributed by atoms with Crippen molar-refractivity contribution in [2.24, 2.45) is 0 Å². The molecule has 1 atom stereocenters. The van der Waals surface area contributed by atoms with Crippen molar-refractivity contribution in [3.63, 3.8) is 0 Å². The first-order chi connectivity index (χ1) is 13.2. The fraction of sp³-hybridized carbons (Fsp3) is 0.318. The number of phenolic OH excluding ortho intramolecular Hbond substituents is 2. The van der Waals surface area contributed by atoms with Gasteiger partial charge in [-0.3, -0.25) is 4.79 Å². The van der Waals surface area contributed by atoms with Gasteiger partial charge in [-0.15, -0.1) is 6.58 Å². The molecule has 0 amide bonds. The number of aromatic hydroxyl groups is 2. The minimum absolute atomic E-state index is 0.0580. The molecule has 0 spiro atoms. The third-order valence-electron chi connectivity index (χ3n) is 5.19. The van der Waals surface area contributed by atoms with Crippen molar-refractivity contribution in [1.82, 2.24) is 0 Å². The van der Waals surface area contributed by atoms with Crippen molar-refractivity contribution in [2.45, 2.75) is 25.2 Å². The van der Waals surface area contributed by atoms with E-state index in [1.54, 1.807) is 18.2 Å². The van der Waals surface area contributed by atoms with Gasteiger partial charge in [0.05, 0.1) is 20.1 Å². The van der Waals surface area contributed by atoms with Gasteiger partial charge in [0.1, 0.15) is 40.9 Å². The highest BCUT2D eigenvalue weighted by Crippen LogP contribution is 2.45.